The summed E-state index contributed by atoms with van der Waals surface area (Å²) in [4.78, 5) is 0. The minimum atomic E-state index is 1.74. The first-order valence-corrected chi connectivity index (χ1v) is 3.86. The molecule has 0 heterocycles. The zero-order chi connectivity index (χ0) is 4.12. The maximum absolute atomic E-state index is 2.08. The average Bonchev–Trinajstić information content (AvgIpc) is 1.41. The Hall–Kier alpha value is 0.765. The first-order chi connectivity index (χ1) is 2.41. The molecule has 0 saturated carbocycles. The molecular formula is C2H6BS2. The van der Waals surface area contributed by atoms with Gasteiger partial charge in [0.15, 0.2) is 0 Å². The summed E-state index contributed by atoms with van der Waals surface area (Å²) < 4.78 is 0. The van der Waals surface area contributed by atoms with E-state index in [1.165, 1.54) is 0 Å². The summed E-state index contributed by atoms with van der Waals surface area (Å²) in [5.41, 5.74) is 0. The molecule has 0 aromatic rings. The summed E-state index contributed by atoms with van der Waals surface area (Å²) in [6.45, 7) is 0. The molecule has 0 unspecified atom stereocenters. The Morgan fingerprint density at radius 3 is 1.60 bits per heavy atom. The van der Waals surface area contributed by atoms with Crippen LogP contribution in [0.25, 0.3) is 0 Å². The summed E-state index contributed by atoms with van der Waals surface area (Å²) in [5, 5.41) is 0. The van der Waals surface area contributed by atoms with Crippen LogP contribution in [0, 0.1) is 0 Å². The molecule has 3 heteroatoms. The van der Waals surface area contributed by atoms with Crippen molar-refractivity contribution < 1.29 is 0 Å². The van der Waals surface area contributed by atoms with Crippen LogP contribution in [0.4, 0.5) is 0 Å². The fraction of sp³-hybridized carbons (Fsp3) is 1.00. The number of rotatable bonds is 2. The van der Waals surface area contributed by atoms with Gasteiger partial charge in [0.2, 0.25) is 0 Å². The highest BCUT2D eigenvalue weighted by atomic mass is 32.2. The summed E-state index contributed by atoms with van der Waals surface area (Å²) in [6, 6.07) is 0. The second-order valence-electron chi connectivity index (χ2n) is 0.568. The molecule has 0 aromatic heterocycles. The molecule has 0 saturated heterocycles. The first kappa shape index (κ1) is 5.76. The van der Waals surface area contributed by atoms with Gasteiger partial charge in [0, 0.05) is 0 Å². The Kier molecular flexibility index (Phi) is 5.49. The molecule has 0 atom stereocenters. The van der Waals surface area contributed by atoms with Crippen molar-refractivity contribution in [1.82, 2.24) is 0 Å². The smallest absolute Gasteiger partial charge is 0.205 e. The van der Waals surface area contributed by atoms with Gasteiger partial charge in [0.1, 0.15) is 0 Å². The summed E-state index contributed by atoms with van der Waals surface area (Å²) in [7, 11) is 0. The molecule has 0 nitrogen and oxygen atoms in total. The van der Waals surface area contributed by atoms with E-state index in [4.69, 9.17) is 0 Å². The molecule has 5 heavy (non-hydrogen) atoms. The Morgan fingerprint density at radius 2 is 1.60 bits per heavy atom. The van der Waals surface area contributed by atoms with Crippen molar-refractivity contribution in [1.29, 1.82) is 0 Å². The Balaban J connectivity index is 2.19. The zero-order valence-corrected chi connectivity index (χ0v) is 5.03. The van der Waals surface area contributed by atoms with Crippen molar-refractivity contribution in [3.05, 3.63) is 0 Å². The van der Waals surface area contributed by atoms with Crippen LogP contribution in [0.15, 0.2) is 0 Å². The number of hydrogen-bond donors (Lipinski definition) is 0. The topological polar surface area (TPSA) is 0 Å². The van der Waals surface area contributed by atoms with Crippen molar-refractivity contribution in [2.75, 3.05) is 12.5 Å². The van der Waals surface area contributed by atoms with Crippen LogP contribution >= 0.6 is 23.2 Å². The minimum absolute atomic E-state index is 1.74. The van der Waals surface area contributed by atoms with Gasteiger partial charge >= 0.3 is 0 Å². The van der Waals surface area contributed by atoms with E-state index >= 15 is 0 Å². The van der Waals surface area contributed by atoms with Crippen LogP contribution in [-0.2, 0) is 0 Å². The largest absolute Gasteiger partial charge is 0.266 e. The third-order valence-electron chi connectivity index (χ3n) is 0.192. The van der Waals surface area contributed by atoms with E-state index < -0.39 is 0 Å². The van der Waals surface area contributed by atoms with Gasteiger partial charge in [0.05, 0.1) is 0 Å². The van der Waals surface area contributed by atoms with E-state index in [1.54, 1.807) is 23.2 Å². The zero-order valence-electron chi connectivity index (χ0n) is 3.39. The van der Waals surface area contributed by atoms with Crippen LogP contribution in [-0.4, -0.2) is 18.3 Å². The van der Waals surface area contributed by atoms with Crippen molar-refractivity contribution in [2.24, 2.45) is 0 Å². The molecule has 0 spiro atoms. The van der Waals surface area contributed by atoms with Gasteiger partial charge in [-0.25, -0.2) is 23.2 Å². The molecule has 0 aliphatic rings. The van der Waals surface area contributed by atoms with Gasteiger partial charge in [0.25, 0.3) is 5.84 Å². The summed E-state index contributed by atoms with van der Waals surface area (Å²) in [5.74, 6) is 2.08. The van der Waals surface area contributed by atoms with Crippen molar-refractivity contribution >= 4 is 29.1 Å². The summed E-state index contributed by atoms with van der Waals surface area (Å²) >= 11 is 3.48. The van der Waals surface area contributed by atoms with E-state index in [-0.39, 0.29) is 0 Å². The SMILES string of the molecule is CS[B]SC. The Morgan fingerprint density at radius 1 is 1.20 bits per heavy atom. The lowest BCUT2D eigenvalue weighted by Gasteiger charge is -1.76. The second kappa shape index (κ2) is 4.76. The third kappa shape index (κ3) is 4.76. The quantitative estimate of drug-likeness (QED) is 0.484. The first-order valence-electron chi connectivity index (χ1n) is 1.29. The highest BCUT2D eigenvalue weighted by molar-refractivity contribution is 8.50. The van der Waals surface area contributed by atoms with Gasteiger partial charge in [-0.05, 0) is 12.5 Å². The fourth-order valence-electron chi connectivity index (χ4n) is 0.0962. The van der Waals surface area contributed by atoms with E-state index in [9.17, 15) is 0 Å². The summed E-state index contributed by atoms with van der Waals surface area (Å²) in [6.07, 6.45) is 4.10. The molecule has 0 N–H and O–H groups in total. The molecule has 29 valence electrons. The Bertz CT molecular complexity index is 15.1. The molecule has 0 amide bonds. The predicted octanol–water partition coefficient (Wildman–Crippen LogP) is 1.25. The highest BCUT2D eigenvalue weighted by Crippen LogP contribution is 1.96. The minimum Gasteiger partial charge on any atom is -0.205 e. The maximum atomic E-state index is 2.08. The van der Waals surface area contributed by atoms with Crippen molar-refractivity contribution in [3.8, 4) is 0 Å². The van der Waals surface area contributed by atoms with E-state index in [0.29, 0.717) is 0 Å². The van der Waals surface area contributed by atoms with Crippen LogP contribution in [0.1, 0.15) is 0 Å². The van der Waals surface area contributed by atoms with Crippen LogP contribution < -0.4 is 0 Å². The molecule has 0 fully saturated rings. The lowest BCUT2D eigenvalue weighted by atomic mass is 10.7. The lowest BCUT2D eigenvalue weighted by Crippen LogP contribution is -1.64. The standard InChI is InChI=1S/C2H6BS2/c1-4-3-5-2/h1-2H3. The van der Waals surface area contributed by atoms with Crippen LogP contribution in [0.3, 0.4) is 0 Å². The lowest BCUT2D eigenvalue weighted by molar-refractivity contribution is 2.53. The normalized spacial score (nSPS) is 7.60. The van der Waals surface area contributed by atoms with Gasteiger partial charge in [-0.1, -0.05) is 0 Å². The second-order valence-corrected chi connectivity index (χ2v) is 2.28. The average molecular weight is 105 g/mol. The molecule has 0 rings (SSSR count). The van der Waals surface area contributed by atoms with Gasteiger partial charge < -0.3 is 0 Å². The van der Waals surface area contributed by atoms with E-state index in [0.717, 1.165) is 0 Å². The molecule has 0 aliphatic carbocycles. The molecule has 0 aromatic carbocycles. The highest BCUT2D eigenvalue weighted by Gasteiger charge is 1.73. The molecular weight excluding hydrogens is 99.0 g/mol. The molecule has 1 radical (unpaired) electrons. The molecule has 0 aliphatic heterocycles. The fourth-order valence-corrected chi connectivity index (χ4v) is 0.866. The van der Waals surface area contributed by atoms with E-state index in [1.807, 2.05) is 0 Å². The number of hydrogen-bond acceptors (Lipinski definition) is 2. The monoisotopic (exact) mass is 105 g/mol. The Labute approximate surface area is 42.1 Å². The molecule has 0 bridgehead atoms. The van der Waals surface area contributed by atoms with Gasteiger partial charge in [-0.2, -0.15) is 0 Å². The van der Waals surface area contributed by atoms with Crippen LogP contribution in [0.5, 0.6) is 0 Å². The van der Waals surface area contributed by atoms with Gasteiger partial charge in [-0.15, -0.1) is 0 Å². The maximum Gasteiger partial charge on any atom is 0.266 e. The predicted molar refractivity (Wildman–Crippen MR) is 32.8 cm³/mol. The van der Waals surface area contributed by atoms with Crippen molar-refractivity contribution in [2.45, 2.75) is 0 Å². The van der Waals surface area contributed by atoms with Gasteiger partial charge in [-0.3, -0.25) is 0 Å². The van der Waals surface area contributed by atoms with Crippen molar-refractivity contribution in [3.63, 3.8) is 0 Å². The third-order valence-corrected chi connectivity index (χ3v) is 1.73. The van der Waals surface area contributed by atoms with Crippen LogP contribution in [0.2, 0.25) is 0 Å². The van der Waals surface area contributed by atoms with E-state index in [2.05, 4.69) is 18.3 Å².